The first-order valence-electron chi connectivity index (χ1n) is 4.75. The van der Waals surface area contributed by atoms with E-state index in [2.05, 4.69) is 15.6 Å². The minimum atomic E-state index is -1.05. The Morgan fingerprint density at radius 2 is 2.06 bits per heavy atom. The standard InChI is InChI=1S/C10H14N2O4/c13-6-9(14)7-16-10(15)12-11-8-4-2-1-3-5-8/h1-5,9,11,13-14H,6-7H2,(H,12,15)/t9-/m1/s1. The Balaban J connectivity index is 2.20. The van der Waals surface area contributed by atoms with Crippen LogP contribution >= 0.6 is 0 Å². The molecular formula is C10H14N2O4. The summed E-state index contributed by atoms with van der Waals surface area (Å²) in [5.41, 5.74) is 5.60. The van der Waals surface area contributed by atoms with Crippen LogP contribution in [0.25, 0.3) is 0 Å². The van der Waals surface area contributed by atoms with Gasteiger partial charge < -0.3 is 14.9 Å². The van der Waals surface area contributed by atoms with Crippen molar-refractivity contribution in [1.29, 1.82) is 0 Å². The Kier molecular flexibility index (Phi) is 5.10. The highest BCUT2D eigenvalue weighted by Crippen LogP contribution is 2.02. The van der Waals surface area contributed by atoms with Crippen molar-refractivity contribution in [2.75, 3.05) is 18.6 Å². The Morgan fingerprint density at radius 3 is 2.69 bits per heavy atom. The van der Waals surface area contributed by atoms with Gasteiger partial charge in [0, 0.05) is 0 Å². The van der Waals surface area contributed by atoms with E-state index < -0.39 is 18.8 Å². The number of rotatable bonds is 5. The van der Waals surface area contributed by atoms with Crippen molar-refractivity contribution in [3.05, 3.63) is 30.3 Å². The maximum atomic E-state index is 11.0. The van der Waals surface area contributed by atoms with E-state index >= 15 is 0 Å². The Hall–Kier alpha value is -1.79. The van der Waals surface area contributed by atoms with Crippen LogP contribution in [0.1, 0.15) is 0 Å². The van der Waals surface area contributed by atoms with Gasteiger partial charge in [0.25, 0.3) is 0 Å². The molecule has 0 fully saturated rings. The SMILES string of the molecule is O=C(NNc1ccccc1)OC[C@H](O)CO. The molecule has 0 spiro atoms. The highest BCUT2D eigenvalue weighted by molar-refractivity contribution is 5.69. The van der Waals surface area contributed by atoms with Gasteiger partial charge in [-0.1, -0.05) is 18.2 Å². The van der Waals surface area contributed by atoms with E-state index in [0.29, 0.717) is 5.69 Å². The fourth-order valence-corrected chi connectivity index (χ4v) is 0.905. The number of hydrogen-bond donors (Lipinski definition) is 4. The van der Waals surface area contributed by atoms with Gasteiger partial charge in [0.1, 0.15) is 12.7 Å². The van der Waals surface area contributed by atoms with Gasteiger partial charge in [0.15, 0.2) is 0 Å². The summed E-state index contributed by atoms with van der Waals surface area (Å²) in [6, 6.07) is 9.00. The molecule has 1 aromatic carbocycles. The van der Waals surface area contributed by atoms with Crippen LogP contribution in [-0.2, 0) is 4.74 Å². The number of ether oxygens (including phenoxy) is 1. The van der Waals surface area contributed by atoms with Crippen molar-refractivity contribution >= 4 is 11.8 Å². The number of nitrogens with one attached hydrogen (secondary N) is 2. The number of aliphatic hydroxyl groups is 2. The molecule has 0 bridgehead atoms. The molecule has 0 aliphatic heterocycles. The summed E-state index contributed by atoms with van der Waals surface area (Å²) in [7, 11) is 0. The molecular weight excluding hydrogens is 212 g/mol. The Morgan fingerprint density at radius 1 is 1.38 bits per heavy atom. The lowest BCUT2D eigenvalue weighted by molar-refractivity contribution is 0.0327. The minimum absolute atomic E-state index is 0.251. The normalized spacial score (nSPS) is 11.6. The molecule has 0 unspecified atom stereocenters. The zero-order chi connectivity index (χ0) is 11.8. The number of aliphatic hydroxyl groups excluding tert-OH is 2. The highest BCUT2D eigenvalue weighted by Gasteiger charge is 2.06. The third kappa shape index (κ3) is 4.63. The lowest BCUT2D eigenvalue weighted by Crippen LogP contribution is -2.33. The second-order valence-electron chi connectivity index (χ2n) is 3.05. The molecule has 0 aliphatic rings. The molecule has 6 heteroatoms. The summed E-state index contributed by atoms with van der Waals surface area (Å²) in [4.78, 5) is 11.0. The summed E-state index contributed by atoms with van der Waals surface area (Å²) in [6.45, 7) is -0.696. The van der Waals surface area contributed by atoms with Gasteiger partial charge in [0.2, 0.25) is 0 Å². The lowest BCUT2D eigenvalue weighted by Gasteiger charge is -2.10. The first-order chi connectivity index (χ1) is 7.72. The predicted molar refractivity (Wildman–Crippen MR) is 57.6 cm³/mol. The van der Waals surface area contributed by atoms with Crippen LogP contribution in [-0.4, -0.2) is 35.6 Å². The molecule has 16 heavy (non-hydrogen) atoms. The number of carbonyl (C=O) groups excluding carboxylic acids is 1. The van der Waals surface area contributed by atoms with Gasteiger partial charge >= 0.3 is 6.09 Å². The number of hydrazine groups is 1. The van der Waals surface area contributed by atoms with E-state index in [9.17, 15) is 4.79 Å². The van der Waals surface area contributed by atoms with Gasteiger partial charge in [-0.25, -0.2) is 10.2 Å². The number of benzene rings is 1. The second kappa shape index (κ2) is 6.65. The molecule has 0 saturated heterocycles. The van der Waals surface area contributed by atoms with Crippen molar-refractivity contribution in [2.45, 2.75) is 6.10 Å². The maximum Gasteiger partial charge on any atom is 0.426 e. The largest absolute Gasteiger partial charge is 0.446 e. The molecule has 0 radical (unpaired) electrons. The average molecular weight is 226 g/mol. The van der Waals surface area contributed by atoms with Crippen LogP contribution in [0.15, 0.2) is 30.3 Å². The first kappa shape index (κ1) is 12.3. The Bertz CT molecular complexity index is 318. The molecule has 1 amide bonds. The molecule has 0 aromatic heterocycles. The maximum absolute atomic E-state index is 11.0. The number of hydrogen-bond acceptors (Lipinski definition) is 5. The fourth-order valence-electron chi connectivity index (χ4n) is 0.905. The number of amides is 1. The number of anilines is 1. The molecule has 1 atom stereocenters. The van der Waals surface area contributed by atoms with E-state index in [-0.39, 0.29) is 6.61 Å². The molecule has 6 nitrogen and oxygen atoms in total. The summed E-state index contributed by atoms with van der Waals surface area (Å²) in [6.07, 6.45) is -1.78. The van der Waals surface area contributed by atoms with Crippen molar-refractivity contribution < 1.29 is 19.7 Å². The molecule has 88 valence electrons. The molecule has 0 heterocycles. The summed E-state index contributed by atoms with van der Waals surface area (Å²) < 4.78 is 4.59. The zero-order valence-electron chi connectivity index (χ0n) is 8.59. The smallest absolute Gasteiger partial charge is 0.426 e. The van der Waals surface area contributed by atoms with Crippen LogP contribution in [0, 0.1) is 0 Å². The first-order valence-corrected chi connectivity index (χ1v) is 4.75. The highest BCUT2D eigenvalue weighted by atomic mass is 16.6. The number of carbonyl (C=O) groups is 1. The van der Waals surface area contributed by atoms with Crippen molar-refractivity contribution in [2.24, 2.45) is 0 Å². The molecule has 0 aliphatic carbocycles. The van der Waals surface area contributed by atoms with Crippen LogP contribution in [0.4, 0.5) is 10.5 Å². The second-order valence-corrected chi connectivity index (χ2v) is 3.05. The molecule has 4 N–H and O–H groups in total. The zero-order valence-corrected chi connectivity index (χ0v) is 8.59. The molecule has 1 aromatic rings. The van der Waals surface area contributed by atoms with E-state index in [1.54, 1.807) is 12.1 Å². The molecule has 0 saturated carbocycles. The Labute approximate surface area is 92.8 Å². The summed E-state index contributed by atoms with van der Waals surface area (Å²) in [5, 5.41) is 17.4. The van der Waals surface area contributed by atoms with E-state index in [1.807, 2.05) is 18.2 Å². The minimum Gasteiger partial charge on any atom is -0.446 e. The van der Waals surface area contributed by atoms with Gasteiger partial charge in [-0.15, -0.1) is 0 Å². The van der Waals surface area contributed by atoms with E-state index in [4.69, 9.17) is 10.2 Å². The third-order valence-corrected chi connectivity index (χ3v) is 1.70. The van der Waals surface area contributed by atoms with Crippen molar-refractivity contribution in [3.63, 3.8) is 0 Å². The van der Waals surface area contributed by atoms with Gasteiger partial charge in [-0.2, -0.15) is 0 Å². The average Bonchev–Trinajstić information content (AvgIpc) is 2.34. The van der Waals surface area contributed by atoms with Gasteiger partial charge in [-0.3, -0.25) is 5.43 Å². The fraction of sp³-hybridized carbons (Fsp3) is 0.300. The quantitative estimate of drug-likeness (QED) is 0.534. The predicted octanol–water partition coefficient (Wildman–Crippen LogP) is 0.0929. The van der Waals surface area contributed by atoms with Crippen molar-refractivity contribution in [3.8, 4) is 0 Å². The van der Waals surface area contributed by atoms with Gasteiger partial charge in [0.05, 0.1) is 12.3 Å². The topological polar surface area (TPSA) is 90.8 Å². The van der Waals surface area contributed by atoms with Crippen LogP contribution in [0.2, 0.25) is 0 Å². The lowest BCUT2D eigenvalue weighted by atomic mass is 10.3. The van der Waals surface area contributed by atoms with E-state index in [1.165, 1.54) is 0 Å². The molecule has 1 rings (SSSR count). The number of para-hydroxylation sites is 1. The van der Waals surface area contributed by atoms with Gasteiger partial charge in [-0.05, 0) is 12.1 Å². The monoisotopic (exact) mass is 226 g/mol. The van der Waals surface area contributed by atoms with Crippen molar-refractivity contribution in [1.82, 2.24) is 5.43 Å². The summed E-state index contributed by atoms with van der Waals surface area (Å²) in [5.74, 6) is 0. The third-order valence-electron chi connectivity index (χ3n) is 1.70. The van der Waals surface area contributed by atoms with Crippen LogP contribution in [0.3, 0.4) is 0 Å². The van der Waals surface area contributed by atoms with Crippen LogP contribution in [0.5, 0.6) is 0 Å². The summed E-state index contributed by atoms with van der Waals surface area (Å²) >= 11 is 0. The van der Waals surface area contributed by atoms with Crippen LogP contribution < -0.4 is 10.9 Å². The van der Waals surface area contributed by atoms with E-state index in [0.717, 1.165) is 0 Å².